The van der Waals surface area contributed by atoms with Crippen molar-refractivity contribution in [2.24, 2.45) is 0 Å². The third kappa shape index (κ3) is 5.48. The molecular weight excluding hydrogens is 396 g/mol. The number of halogens is 1. The molecule has 1 aromatic heterocycles. The molecule has 2 aromatic carbocycles. The van der Waals surface area contributed by atoms with Gasteiger partial charge in [-0.1, -0.05) is 65.4 Å². The number of rotatable bonds is 6. The van der Waals surface area contributed by atoms with E-state index in [1.807, 2.05) is 42.5 Å². The van der Waals surface area contributed by atoms with Crippen LogP contribution in [-0.2, 0) is 11.3 Å². The van der Waals surface area contributed by atoms with Crippen molar-refractivity contribution in [3.63, 3.8) is 0 Å². The molecule has 1 heterocycles. The first-order chi connectivity index (χ1) is 13.5. The maximum Gasteiger partial charge on any atom is 0.282 e. The zero-order valence-corrected chi connectivity index (χ0v) is 16.6. The fourth-order valence-electron chi connectivity index (χ4n) is 2.34. The molecule has 6 nitrogen and oxygen atoms in total. The van der Waals surface area contributed by atoms with Gasteiger partial charge in [-0.05, 0) is 29.3 Å². The highest BCUT2D eigenvalue weighted by atomic mass is 35.5. The molecule has 142 valence electrons. The number of nitrogens with zero attached hydrogens (tertiary/aromatic N) is 2. The summed E-state index contributed by atoms with van der Waals surface area (Å²) in [6, 6.07) is 16.8. The smallest absolute Gasteiger partial charge is 0.282 e. The predicted octanol–water partition coefficient (Wildman–Crippen LogP) is 4.16. The molecule has 0 saturated heterocycles. The average molecular weight is 413 g/mol. The van der Waals surface area contributed by atoms with E-state index in [-0.39, 0.29) is 16.8 Å². The highest BCUT2D eigenvalue weighted by molar-refractivity contribution is 7.15. The van der Waals surface area contributed by atoms with E-state index in [4.69, 9.17) is 11.6 Å². The quantitative estimate of drug-likeness (QED) is 0.636. The molecule has 0 radical (unpaired) electrons. The van der Waals surface area contributed by atoms with Gasteiger partial charge in [0.15, 0.2) is 5.01 Å². The Labute approximate surface area is 171 Å². The van der Waals surface area contributed by atoms with Gasteiger partial charge in [0, 0.05) is 19.2 Å². The summed E-state index contributed by atoms with van der Waals surface area (Å²) in [5.74, 6) is -0.426. The Hall–Kier alpha value is -3.03. The Kier molecular flexibility index (Phi) is 6.52. The molecule has 28 heavy (non-hydrogen) atoms. The van der Waals surface area contributed by atoms with Crippen LogP contribution in [0.1, 0.15) is 32.9 Å². The largest absolute Gasteiger partial charge is 0.346 e. The molecule has 0 fully saturated rings. The summed E-state index contributed by atoms with van der Waals surface area (Å²) in [5, 5.41) is 14.5. The fraction of sp³-hybridized carbons (Fsp3) is 0.100. The summed E-state index contributed by atoms with van der Waals surface area (Å²) in [6.45, 7) is 1.87. The van der Waals surface area contributed by atoms with Crippen LogP contribution in [0.4, 0.5) is 5.69 Å². The summed E-state index contributed by atoms with van der Waals surface area (Å²) >= 11 is 7.45. The van der Waals surface area contributed by atoms with E-state index in [0.29, 0.717) is 22.3 Å². The van der Waals surface area contributed by atoms with E-state index in [2.05, 4.69) is 20.8 Å². The minimum Gasteiger partial charge on any atom is -0.346 e. The van der Waals surface area contributed by atoms with Gasteiger partial charge in [-0.25, -0.2) is 0 Å². The lowest BCUT2D eigenvalue weighted by molar-refractivity contribution is -0.114. The molecule has 0 bridgehead atoms. The van der Waals surface area contributed by atoms with Gasteiger partial charge in [-0.2, -0.15) is 0 Å². The lowest BCUT2D eigenvalue weighted by Gasteiger charge is -2.02. The second-order valence-electron chi connectivity index (χ2n) is 5.88. The molecule has 0 atom stereocenters. The highest BCUT2D eigenvalue weighted by Gasteiger charge is 2.14. The number of anilines is 1. The van der Waals surface area contributed by atoms with Crippen molar-refractivity contribution in [2.75, 3.05) is 5.32 Å². The third-order valence-corrected chi connectivity index (χ3v) is 5.00. The van der Waals surface area contributed by atoms with Gasteiger partial charge in [0.2, 0.25) is 10.9 Å². The van der Waals surface area contributed by atoms with Gasteiger partial charge >= 0.3 is 0 Å². The van der Waals surface area contributed by atoms with Gasteiger partial charge in [0.1, 0.15) is 0 Å². The SMILES string of the molecule is CC(=O)Nc1ccc(/C=C(\Cl)c2nnc(C(=O)NCc3ccccc3)s2)cc1. The first kappa shape index (κ1) is 19.7. The maximum atomic E-state index is 12.2. The van der Waals surface area contributed by atoms with Crippen molar-refractivity contribution in [1.82, 2.24) is 15.5 Å². The number of hydrogen-bond acceptors (Lipinski definition) is 5. The van der Waals surface area contributed by atoms with Crippen molar-refractivity contribution in [3.05, 3.63) is 75.7 Å². The van der Waals surface area contributed by atoms with E-state index in [9.17, 15) is 9.59 Å². The van der Waals surface area contributed by atoms with Crippen molar-refractivity contribution >= 4 is 51.5 Å². The molecule has 8 heteroatoms. The van der Waals surface area contributed by atoms with Crippen LogP contribution in [0, 0.1) is 0 Å². The molecule has 0 saturated carbocycles. The molecule has 0 aliphatic heterocycles. The molecular formula is C20H17ClN4O2S. The second kappa shape index (κ2) is 9.25. The first-order valence-electron chi connectivity index (χ1n) is 8.42. The molecule has 2 N–H and O–H groups in total. The topological polar surface area (TPSA) is 84.0 Å². The monoisotopic (exact) mass is 412 g/mol. The van der Waals surface area contributed by atoms with Crippen molar-refractivity contribution in [1.29, 1.82) is 0 Å². The van der Waals surface area contributed by atoms with Crippen LogP contribution in [0.25, 0.3) is 11.1 Å². The summed E-state index contributed by atoms with van der Waals surface area (Å²) in [7, 11) is 0. The van der Waals surface area contributed by atoms with E-state index >= 15 is 0 Å². The summed E-state index contributed by atoms with van der Waals surface area (Å²) < 4.78 is 0. The normalized spacial score (nSPS) is 11.1. The number of nitrogens with one attached hydrogen (secondary N) is 2. The highest BCUT2D eigenvalue weighted by Crippen LogP contribution is 2.25. The Bertz CT molecular complexity index is 1000. The Morgan fingerprint density at radius 2 is 1.71 bits per heavy atom. The van der Waals surface area contributed by atoms with Gasteiger partial charge < -0.3 is 10.6 Å². The van der Waals surface area contributed by atoms with Crippen LogP contribution in [-0.4, -0.2) is 22.0 Å². The molecule has 0 aliphatic rings. The molecule has 0 spiro atoms. The van der Waals surface area contributed by atoms with Crippen LogP contribution >= 0.6 is 22.9 Å². The van der Waals surface area contributed by atoms with Crippen molar-refractivity contribution < 1.29 is 9.59 Å². The van der Waals surface area contributed by atoms with Gasteiger partial charge in [0.25, 0.3) is 5.91 Å². The molecule has 0 aliphatic carbocycles. The van der Waals surface area contributed by atoms with Gasteiger partial charge in [-0.3, -0.25) is 9.59 Å². The summed E-state index contributed by atoms with van der Waals surface area (Å²) in [6.07, 6.45) is 1.73. The van der Waals surface area contributed by atoms with Gasteiger partial charge in [0.05, 0.1) is 5.03 Å². The minimum atomic E-state index is -0.295. The van der Waals surface area contributed by atoms with Crippen molar-refractivity contribution in [2.45, 2.75) is 13.5 Å². The van der Waals surface area contributed by atoms with E-state index < -0.39 is 0 Å². The van der Waals surface area contributed by atoms with E-state index in [1.165, 1.54) is 6.92 Å². The second-order valence-corrected chi connectivity index (χ2v) is 7.26. The number of hydrogen-bond donors (Lipinski definition) is 2. The van der Waals surface area contributed by atoms with Crippen LogP contribution in [0.5, 0.6) is 0 Å². The number of benzene rings is 2. The lowest BCUT2D eigenvalue weighted by atomic mass is 10.2. The zero-order valence-electron chi connectivity index (χ0n) is 15.0. The van der Waals surface area contributed by atoms with Crippen molar-refractivity contribution in [3.8, 4) is 0 Å². The zero-order chi connectivity index (χ0) is 19.9. The number of aromatic nitrogens is 2. The van der Waals surface area contributed by atoms with E-state index in [1.54, 1.807) is 18.2 Å². The molecule has 3 aromatic rings. The van der Waals surface area contributed by atoms with Crippen LogP contribution < -0.4 is 10.6 Å². The number of carbonyl (C=O) groups excluding carboxylic acids is 2. The number of carbonyl (C=O) groups is 2. The molecule has 3 rings (SSSR count). The Morgan fingerprint density at radius 3 is 2.39 bits per heavy atom. The third-order valence-electron chi connectivity index (χ3n) is 3.64. The summed E-state index contributed by atoms with van der Waals surface area (Å²) in [5.41, 5.74) is 2.54. The van der Waals surface area contributed by atoms with Gasteiger partial charge in [-0.15, -0.1) is 10.2 Å². The molecule has 2 amide bonds. The summed E-state index contributed by atoms with van der Waals surface area (Å²) in [4.78, 5) is 23.3. The first-order valence-corrected chi connectivity index (χ1v) is 9.61. The van der Waals surface area contributed by atoms with Crippen LogP contribution in [0.3, 0.4) is 0 Å². The van der Waals surface area contributed by atoms with Crippen LogP contribution in [0.15, 0.2) is 54.6 Å². The fourth-order valence-corrected chi connectivity index (χ4v) is 3.29. The Balaban J connectivity index is 1.64. The maximum absolute atomic E-state index is 12.2. The average Bonchev–Trinajstić information content (AvgIpc) is 3.18. The molecule has 0 unspecified atom stereocenters. The number of amides is 2. The van der Waals surface area contributed by atoms with E-state index in [0.717, 1.165) is 22.5 Å². The predicted molar refractivity (Wildman–Crippen MR) is 112 cm³/mol. The standard InChI is InChI=1S/C20H17ClN4O2S/c1-13(26)23-16-9-7-14(8-10-16)11-17(21)19-24-25-20(28-19)18(27)22-12-15-5-3-2-4-6-15/h2-11H,12H2,1H3,(H,22,27)(H,23,26)/b17-11-. The van der Waals surface area contributed by atoms with Crippen LogP contribution in [0.2, 0.25) is 0 Å². The Morgan fingerprint density at radius 1 is 1.04 bits per heavy atom. The minimum absolute atomic E-state index is 0.131. The lowest BCUT2D eigenvalue weighted by Crippen LogP contribution is -2.22.